The normalized spacial score (nSPS) is 11.1. The molecule has 0 radical (unpaired) electrons. The minimum absolute atomic E-state index is 0. The molecule has 3 aromatic rings. The predicted octanol–water partition coefficient (Wildman–Crippen LogP) is 4.05. The molecule has 1 heterocycles. The quantitative estimate of drug-likeness (QED) is 0.464. The number of nitrogens with two attached hydrogens (primary N) is 1. The van der Waals surface area contributed by atoms with E-state index in [1.807, 2.05) is 53.2 Å². The highest BCUT2D eigenvalue weighted by atomic mass is 35.5. The highest BCUT2D eigenvalue weighted by Gasteiger charge is 2.15. The van der Waals surface area contributed by atoms with Crippen LogP contribution in [0.2, 0.25) is 5.02 Å². The van der Waals surface area contributed by atoms with E-state index in [0.717, 1.165) is 30.1 Å². The second-order valence-corrected chi connectivity index (χ2v) is 7.29. The van der Waals surface area contributed by atoms with Crippen molar-refractivity contribution in [3.8, 4) is 0 Å². The average molecular weight is 470 g/mol. The minimum atomic E-state index is -0.601. The van der Waals surface area contributed by atoms with Crippen LogP contribution in [0.5, 0.6) is 0 Å². The molecule has 0 aliphatic carbocycles. The first-order valence-electron chi connectivity index (χ1n) is 9.42. The summed E-state index contributed by atoms with van der Waals surface area (Å²) in [4.78, 5) is 16.6. The molecule has 3 N–H and O–H groups in total. The van der Waals surface area contributed by atoms with Crippen LogP contribution in [-0.2, 0) is 24.2 Å². The van der Waals surface area contributed by atoms with Crippen molar-refractivity contribution in [3.05, 3.63) is 89.0 Å². The van der Waals surface area contributed by atoms with Gasteiger partial charge >= 0.3 is 0 Å². The molecule has 30 heavy (non-hydrogen) atoms. The third-order valence-corrected chi connectivity index (χ3v) is 4.77. The Hall–Kier alpha value is -2.05. The molecule has 0 saturated carbocycles. The van der Waals surface area contributed by atoms with Crippen molar-refractivity contribution >= 4 is 42.3 Å². The fourth-order valence-electron chi connectivity index (χ4n) is 3.00. The van der Waals surface area contributed by atoms with Gasteiger partial charge in [-0.05, 0) is 36.1 Å². The summed E-state index contributed by atoms with van der Waals surface area (Å²) < 4.78 is 2.00. The third-order valence-electron chi connectivity index (χ3n) is 4.52. The van der Waals surface area contributed by atoms with Crippen molar-refractivity contribution in [2.45, 2.75) is 31.8 Å². The van der Waals surface area contributed by atoms with Gasteiger partial charge in [-0.1, -0.05) is 54.1 Å². The summed E-state index contributed by atoms with van der Waals surface area (Å²) in [5.41, 5.74) is 9.27. The van der Waals surface area contributed by atoms with Gasteiger partial charge in [-0.2, -0.15) is 0 Å². The van der Waals surface area contributed by atoms with Crippen LogP contribution in [0, 0.1) is 0 Å². The monoisotopic (exact) mass is 468 g/mol. The molecule has 3 rings (SSSR count). The summed E-state index contributed by atoms with van der Waals surface area (Å²) in [6, 6.07) is 17.3. The van der Waals surface area contributed by atoms with Gasteiger partial charge in [-0.15, -0.1) is 24.8 Å². The van der Waals surface area contributed by atoms with E-state index in [4.69, 9.17) is 17.3 Å². The Balaban J connectivity index is 0.00000225. The van der Waals surface area contributed by atoms with Gasteiger partial charge in [-0.3, -0.25) is 4.79 Å². The molecule has 2 aromatic carbocycles. The van der Waals surface area contributed by atoms with E-state index in [2.05, 4.69) is 22.4 Å². The second kappa shape index (κ2) is 13.3. The van der Waals surface area contributed by atoms with Crippen molar-refractivity contribution < 1.29 is 4.79 Å². The number of hydrogen-bond donors (Lipinski definition) is 2. The SMILES string of the molecule is Cl.Cl.N[C@@H](Cc1cn(Cc2ccccc2)cn1)C(=O)NCCCc1ccc(Cl)cc1. The molecule has 162 valence electrons. The molecule has 0 bridgehead atoms. The zero-order chi connectivity index (χ0) is 19.8. The number of imidazole rings is 1. The molecular formula is C22H27Cl3N4O. The summed E-state index contributed by atoms with van der Waals surface area (Å²) in [6.07, 6.45) is 5.88. The number of aromatic nitrogens is 2. The Kier molecular flexibility index (Phi) is 11.5. The van der Waals surface area contributed by atoms with Gasteiger partial charge < -0.3 is 15.6 Å². The van der Waals surface area contributed by atoms with Crippen molar-refractivity contribution in [2.75, 3.05) is 6.54 Å². The van der Waals surface area contributed by atoms with E-state index in [1.54, 1.807) is 6.33 Å². The lowest BCUT2D eigenvalue weighted by molar-refractivity contribution is -0.122. The molecule has 1 amide bonds. The number of nitrogens with one attached hydrogen (secondary N) is 1. The summed E-state index contributed by atoms with van der Waals surface area (Å²) in [5.74, 6) is -0.145. The lowest BCUT2D eigenvalue weighted by Crippen LogP contribution is -2.42. The van der Waals surface area contributed by atoms with E-state index >= 15 is 0 Å². The number of benzene rings is 2. The Morgan fingerprint density at radius 1 is 1.07 bits per heavy atom. The molecule has 8 heteroatoms. The Bertz CT molecular complexity index is 885. The first-order chi connectivity index (χ1) is 13.6. The smallest absolute Gasteiger partial charge is 0.237 e. The van der Waals surface area contributed by atoms with Crippen LogP contribution in [0.1, 0.15) is 23.2 Å². The second-order valence-electron chi connectivity index (χ2n) is 6.85. The van der Waals surface area contributed by atoms with Gasteiger partial charge in [0, 0.05) is 30.7 Å². The van der Waals surface area contributed by atoms with Gasteiger partial charge in [0.05, 0.1) is 18.1 Å². The molecule has 5 nitrogen and oxygen atoms in total. The lowest BCUT2D eigenvalue weighted by atomic mass is 10.1. The molecule has 0 aliphatic rings. The number of carbonyl (C=O) groups is 1. The molecule has 0 spiro atoms. The number of halogens is 3. The van der Waals surface area contributed by atoms with Gasteiger partial charge in [0.2, 0.25) is 5.91 Å². The first-order valence-corrected chi connectivity index (χ1v) is 9.80. The van der Waals surface area contributed by atoms with Crippen LogP contribution in [0.15, 0.2) is 67.1 Å². The van der Waals surface area contributed by atoms with Crippen molar-refractivity contribution in [2.24, 2.45) is 5.73 Å². The van der Waals surface area contributed by atoms with Crippen LogP contribution in [0.25, 0.3) is 0 Å². The molecule has 0 unspecified atom stereocenters. The number of carbonyl (C=O) groups excluding carboxylic acids is 1. The molecule has 0 saturated heterocycles. The van der Waals surface area contributed by atoms with Gasteiger partial charge in [-0.25, -0.2) is 4.98 Å². The Labute approximate surface area is 194 Å². The van der Waals surface area contributed by atoms with Crippen molar-refractivity contribution in [1.82, 2.24) is 14.9 Å². The summed E-state index contributed by atoms with van der Waals surface area (Å²) in [5, 5.41) is 3.64. The van der Waals surface area contributed by atoms with Crippen molar-refractivity contribution in [3.63, 3.8) is 0 Å². The maximum absolute atomic E-state index is 12.2. The van der Waals surface area contributed by atoms with Crippen LogP contribution in [0.3, 0.4) is 0 Å². The number of aryl methyl sites for hydroxylation is 1. The maximum atomic E-state index is 12.2. The number of nitrogens with zero attached hydrogens (tertiary/aromatic N) is 2. The lowest BCUT2D eigenvalue weighted by Gasteiger charge is -2.11. The van der Waals surface area contributed by atoms with Crippen LogP contribution in [-0.4, -0.2) is 28.0 Å². The largest absolute Gasteiger partial charge is 0.355 e. The van der Waals surface area contributed by atoms with E-state index < -0.39 is 6.04 Å². The molecular weight excluding hydrogens is 443 g/mol. The third kappa shape index (κ3) is 8.36. The van der Waals surface area contributed by atoms with E-state index in [0.29, 0.717) is 13.0 Å². The topological polar surface area (TPSA) is 72.9 Å². The fraction of sp³-hybridized carbons (Fsp3) is 0.273. The minimum Gasteiger partial charge on any atom is -0.355 e. The molecule has 1 atom stereocenters. The highest BCUT2D eigenvalue weighted by molar-refractivity contribution is 6.30. The number of rotatable bonds is 9. The summed E-state index contributed by atoms with van der Waals surface area (Å²) in [6.45, 7) is 1.34. The maximum Gasteiger partial charge on any atom is 0.237 e. The van der Waals surface area contributed by atoms with Gasteiger partial charge in [0.15, 0.2) is 0 Å². The van der Waals surface area contributed by atoms with Gasteiger partial charge in [0.1, 0.15) is 0 Å². The first kappa shape index (κ1) is 26.0. The van der Waals surface area contributed by atoms with E-state index in [-0.39, 0.29) is 30.7 Å². The number of amides is 1. The van der Waals surface area contributed by atoms with Crippen LogP contribution >= 0.6 is 36.4 Å². The molecule has 1 aromatic heterocycles. The fourth-order valence-corrected chi connectivity index (χ4v) is 3.12. The highest BCUT2D eigenvalue weighted by Crippen LogP contribution is 2.10. The molecule has 0 fully saturated rings. The standard InChI is InChI=1S/C22H25ClN4O.2ClH/c23-19-10-8-17(9-11-19)7-4-12-25-22(28)21(24)13-20-15-27(16-26-20)14-18-5-2-1-3-6-18;;/h1-3,5-6,8-11,15-16,21H,4,7,12-14,24H2,(H,25,28);2*1H/t21-;;/m0../s1. The van der Waals surface area contributed by atoms with E-state index in [9.17, 15) is 4.79 Å². The Morgan fingerprint density at radius 2 is 1.77 bits per heavy atom. The van der Waals surface area contributed by atoms with Crippen LogP contribution < -0.4 is 11.1 Å². The summed E-state index contributed by atoms with van der Waals surface area (Å²) >= 11 is 5.88. The van der Waals surface area contributed by atoms with Gasteiger partial charge in [0.25, 0.3) is 0 Å². The van der Waals surface area contributed by atoms with Crippen LogP contribution in [0.4, 0.5) is 0 Å². The summed E-state index contributed by atoms with van der Waals surface area (Å²) in [7, 11) is 0. The number of hydrogen-bond acceptors (Lipinski definition) is 3. The Morgan fingerprint density at radius 3 is 2.47 bits per heavy atom. The van der Waals surface area contributed by atoms with Crippen molar-refractivity contribution in [1.29, 1.82) is 0 Å². The molecule has 0 aliphatic heterocycles. The van der Waals surface area contributed by atoms with E-state index in [1.165, 1.54) is 11.1 Å². The predicted molar refractivity (Wildman–Crippen MR) is 127 cm³/mol. The average Bonchev–Trinajstić information content (AvgIpc) is 3.14. The zero-order valence-corrected chi connectivity index (χ0v) is 18.9. The zero-order valence-electron chi connectivity index (χ0n) is 16.5.